The molecular weight excluding hydrogens is 488 g/mol. The molecule has 0 radical (unpaired) electrons. The van der Waals surface area contributed by atoms with Crippen LogP contribution in [-0.2, 0) is 16.2 Å². The smallest absolute Gasteiger partial charge is 0.335 e. The second kappa shape index (κ2) is 9.70. The minimum Gasteiger partial charge on any atom is -0.493 e. The molecular formula is C25H19BrN2O5. The topological polar surface area (TPSA) is 84.9 Å². The number of benzene rings is 3. The predicted octanol–water partition coefficient (Wildman–Crippen LogP) is 4.70. The standard InChI is InChI=1S/C25H19BrN2O5/c1-32-22-13-17(10-11-21(22)33-15-16-6-3-2-4-7-16)12-20-23(29)27-25(31)28(24(20)30)19-9-5-8-18(26)14-19/h2-14H,15H2,1H3,(H,27,29,31). The van der Waals surface area contributed by atoms with Crippen LogP contribution in [-0.4, -0.2) is 25.0 Å². The minimum absolute atomic E-state index is 0.172. The number of rotatable bonds is 6. The molecule has 0 atom stereocenters. The Morgan fingerprint density at radius 3 is 2.45 bits per heavy atom. The molecule has 0 aromatic heterocycles. The quantitative estimate of drug-likeness (QED) is 0.386. The first-order valence-electron chi connectivity index (χ1n) is 9.98. The maximum atomic E-state index is 13.0. The Hall–Kier alpha value is -3.91. The van der Waals surface area contributed by atoms with Crippen LogP contribution in [0.5, 0.6) is 11.5 Å². The number of ether oxygens (including phenoxy) is 2. The van der Waals surface area contributed by atoms with Gasteiger partial charge in [-0.05, 0) is 47.5 Å². The van der Waals surface area contributed by atoms with E-state index in [-0.39, 0.29) is 5.57 Å². The number of methoxy groups -OCH3 is 1. The lowest BCUT2D eigenvalue weighted by Gasteiger charge is -2.26. The van der Waals surface area contributed by atoms with Gasteiger partial charge in [-0.15, -0.1) is 0 Å². The van der Waals surface area contributed by atoms with Gasteiger partial charge >= 0.3 is 6.03 Å². The Labute approximate surface area is 198 Å². The van der Waals surface area contributed by atoms with Crippen LogP contribution in [0.25, 0.3) is 6.08 Å². The van der Waals surface area contributed by atoms with E-state index in [1.165, 1.54) is 13.2 Å². The molecule has 1 fully saturated rings. The van der Waals surface area contributed by atoms with Crippen molar-refractivity contribution < 1.29 is 23.9 Å². The van der Waals surface area contributed by atoms with Crippen molar-refractivity contribution in [3.63, 3.8) is 0 Å². The lowest BCUT2D eigenvalue weighted by molar-refractivity contribution is -0.122. The summed E-state index contributed by atoms with van der Waals surface area (Å²) in [6, 6.07) is 20.7. The van der Waals surface area contributed by atoms with E-state index in [4.69, 9.17) is 9.47 Å². The molecule has 1 N–H and O–H groups in total. The number of anilines is 1. The first-order chi connectivity index (χ1) is 16.0. The number of imide groups is 2. The van der Waals surface area contributed by atoms with E-state index in [1.54, 1.807) is 42.5 Å². The molecule has 1 saturated heterocycles. The van der Waals surface area contributed by atoms with E-state index in [1.807, 2.05) is 30.3 Å². The highest BCUT2D eigenvalue weighted by Gasteiger charge is 2.36. The highest BCUT2D eigenvalue weighted by Crippen LogP contribution is 2.31. The molecule has 3 aromatic rings. The molecule has 33 heavy (non-hydrogen) atoms. The van der Waals surface area contributed by atoms with E-state index in [0.29, 0.717) is 33.8 Å². The van der Waals surface area contributed by atoms with Gasteiger partial charge in [-0.1, -0.05) is 58.4 Å². The largest absolute Gasteiger partial charge is 0.493 e. The van der Waals surface area contributed by atoms with Crippen LogP contribution in [0.4, 0.5) is 10.5 Å². The van der Waals surface area contributed by atoms with E-state index in [9.17, 15) is 14.4 Å². The fourth-order valence-corrected chi connectivity index (χ4v) is 3.69. The molecule has 4 rings (SSSR count). The summed E-state index contributed by atoms with van der Waals surface area (Å²) < 4.78 is 12.0. The van der Waals surface area contributed by atoms with Gasteiger partial charge in [0.05, 0.1) is 12.8 Å². The molecule has 8 heteroatoms. The number of carbonyl (C=O) groups is 3. The van der Waals surface area contributed by atoms with Crippen molar-refractivity contribution in [3.8, 4) is 11.5 Å². The number of hydrogen-bond donors (Lipinski definition) is 1. The van der Waals surface area contributed by atoms with Crippen LogP contribution in [0.1, 0.15) is 11.1 Å². The van der Waals surface area contributed by atoms with Crippen molar-refractivity contribution in [2.45, 2.75) is 6.61 Å². The average Bonchev–Trinajstić information content (AvgIpc) is 2.81. The van der Waals surface area contributed by atoms with Crippen LogP contribution in [0.2, 0.25) is 0 Å². The molecule has 7 nitrogen and oxygen atoms in total. The fourth-order valence-electron chi connectivity index (χ4n) is 3.30. The third kappa shape index (κ3) is 4.96. The number of carbonyl (C=O) groups excluding carboxylic acids is 3. The molecule has 0 spiro atoms. The maximum Gasteiger partial charge on any atom is 0.335 e. The highest BCUT2D eigenvalue weighted by atomic mass is 79.9. The van der Waals surface area contributed by atoms with E-state index < -0.39 is 17.8 Å². The lowest BCUT2D eigenvalue weighted by Crippen LogP contribution is -2.54. The normalized spacial score (nSPS) is 14.9. The summed E-state index contributed by atoms with van der Waals surface area (Å²) in [6.07, 6.45) is 1.42. The second-order valence-corrected chi connectivity index (χ2v) is 8.04. The van der Waals surface area contributed by atoms with Crippen molar-refractivity contribution in [1.29, 1.82) is 0 Å². The van der Waals surface area contributed by atoms with E-state index in [2.05, 4.69) is 21.2 Å². The van der Waals surface area contributed by atoms with E-state index >= 15 is 0 Å². The summed E-state index contributed by atoms with van der Waals surface area (Å²) in [5.41, 5.74) is 1.72. The zero-order chi connectivity index (χ0) is 23.4. The van der Waals surface area contributed by atoms with Gasteiger partial charge in [0.25, 0.3) is 11.8 Å². The molecule has 0 aliphatic carbocycles. The number of hydrogen-bond acceptors (Lipinski definition) is 5. The third-order valence-electron chi connectivity index (χ3n) is 4.90. The number of nitrogens with zero attached hydrogens (tertiary/aromatic N) is 1. The van der Waals surface area contributed by atoms with Gasteiger partial charge in [-0.25, -0.2) is 9.69 Å². The first kappa shape index (κ1) is 22.3. The van der Waals surface area contributed by atoms with Gasteiger partial charge in [0.15, 0.2) is 11.5 Å². The highest BCUT2D eigenvalue weighted by molar-refractivity contribution is 9.10. The number of barbiturate groups is 1. The summed E-state index contributed by atoms with van der Waals surface area (Å²) in [5.74, 6) is -0.512. The van der Waals surface area contributed by atoms with Crippen molar-refractivity contribution in [3.05, 3.63) is 94.0 Å². The molecule has 0 saturated carbocycles. The average molecular weight is 507 g/mol. The molecule has 3 aromatic carbocycles. The first-order valence-corrected chi connectivity index (χ1v) is 10.8. The fraction of sp³-hybridized carbons (Fsp3) is 0.0800. The van der Waals surface area contributed by atoms with Crippen molar-refractivity contribution in [2.24, 2.45) is 0 Å². The zero-order valence-electron chi connectivity index (χ0n) is 17.6. The number of nitrogens with one attached hydrogen (secondary N) is 1. The summed E-state index contributed by atoms with van der Waals surface area (Å²) >= 11 is 3.32. The van der Waals surface area contributed by atoms with Gasteiger partial charge in [0.1, 0.15) is 12.2 Å². The Morgan fingerprint density at radius 1 is 0.939 bits per heavy atom. The molecule has 1 aliphatic rings. The zero-order valence-corrected chi connectivity index (χ0v) is 19.2. The predicted molar refractivity (Wildman–Crippen MR) is 127 cm³/mol. The van der Waals surface area contributed by atoms with Crippen LogP contribution in [0, 0.1) is 0 Å². The van der Waals surface area contributed by atoms with Crippen LogP contribution < -0.4 is 19.7 Å². The molecule has 4 amide bonds. The third-order valence-corrected chi connectivity index (χ3v) is 5.40. The van der Waals surface area contributed by atoms with Gasteiger partial charge in [0, 0.05) is 4.47 Å². The second-order valence-electron chi connectivity index (χ2n) is 7.12. The molecule has 1 aliphatic heterocycles. The molecule has 1 heterocycles. The van der Waals surface area contributed by atoms with Crippen molar-refractivity contribution >= 4 is 45.5 Å². The Balaban J connectivity index is 1.60. The summed E-state index contributed by atoms with van der Waals surface area (Å²) in [6.45, 7) is 0.363. The van der Waals surface area contributed by atoms with Crippen LogP contribution in [0.3, 0.4) is 0 Å². The number of amides is 4. The van der Waals surface area contributed by atoms with Crippen molar-refractivity contribution in [1.82, 2.24) is 5.32 Å². The molecule has 166 valence electrons. The summed E-state index contributed by atoms with van der Waals surface area (Å²) in [5, 5.41) is 2.21. The van der Waals surface area contributed by atoms with E-state index in [0.717, 1.165) is 10.5 Å². The lowest BCUT2D eigenvalue weighted by atomic mass is 10.1. The Morgan fingerprint density at radius 2 is 1.73 bits per heavy atom. The Bertz CT molecular complexity index is 1260. The molecule has 0 bridgehead atoms. The summed E-state index contributed by atoms with van der Waals surface area (Å²) in [7, 11) is 1.51. The monoisotopic (exact) mass is 506 g/mol. The minimum atomic E-state index is -0.803. The number of halogens is 1. The summed E-state index contributed by atoms with van der Waals surface area (Å²) in [4.78, 5) is 38.8. The SMILES string of the molecule is COc1cc(C=C2C(=O)NC(=O)N(c3cccc(Br)c3)C2=O)ccc1OCc1ccccc1. The van der Waals surface area contributed by atoms with Crippen LogP contribution in [0.15, 0.2) is 82.8 Å². The number of urea groups is 1. The molecule has 0 unspecified atom stereocenters. The van der Waals surface area contributed by atoms with Gasteiger partial charge in [-0.2, -0.15) is 0 Å². The van der Waals surface area contributed by atoms with Crippen LogP contribution >= 0.6 is 15.9 Å². The van der Waals surface area contributed by atoms with Crippen molar-refractivity contribution in [2.75, 3.05) is 12.0 Å². The van der Waals surface area contributed by atoms with Gasteiger partial charge in [-0.3, -0.25) is 14.9 Å². The van der Waals surface area contributed by atoms with Gasteiger partial charge < -0.3 is 9.47 Å². The van der Waals surface area contributed by atoms with Gasteiger partial charge in [0.2, 0.25) is 0 Å². The Kier molecular flexibility index (Phi) is 6.55. The maximum absolute atomic E-state index is 13.0.